The van der Waals surface area contributed by atoms with Crippen molar-refractivity contribution < 1.29 is 26.2 Å². The quantitative estimate of drug-likeness (QED) is 0.162. The number of fused-ring (bicyclic) bond motifs is 1. The average Bonchev–Trinajstić information content (AvgIpc) is 3.60. The van der Waals surface area contributed by atoms with Crippen LogP contribution >= 0.6 is 0 Å². The van der Waals surface area contributed by atoms with E-state index in [0.717, 1.165) is 55.8 Å². The third-order valence-corrected chi connectivity index (χ3v) is 11.3. The van der Waals surface area contributed by atoms with Crippen LogP contribution in [0.1, 0.15) is 77.6 Å². The Balaban J connectivity index is 0.00000512. The van der Waals surface area contributed by atoms with Crippen LogP contribution in [0.3, 0.4) is 0 Å². The normalized spacial score (nSPS) is 12.1. The molecule has 0 fully saturated rings. The molecule has 0 bridgehead atoms. The number of aromatic nitrogens is 3. The van der Waals surface area contributed by atoms with E-state index in [-0.39, 0.29) is 43.1 Å². The molecule has 0 aliphatic carbocycles. The van der Waals surface area contributed by atoms with Crippen LogP contribution in [0.5, 0.6) is 5.75 Å². The van der Waals surface area contributed by atoms with Gasteiger partial charge in [0.25, 0.3) is 0 Å². The van der Waals surface area contributed by atoms with Crippen molar-refractivity contribution in [2.45, 2.75) is 71.6 Å². The van der Waals surface area contributed by atoms with E-state index in [1.165, 1.54) is 16.7 Å². The Hall–Kier alpha value is -5.57. The van der Waals surface area contributed by atoms with Crippen LogP contribution in [0.2, 0.25) is 0 Å². The summed E-state index contributed by atoms with van der Waals surface area (Å²) in [5, 5.41) is 12.0. The van der Waals surface area contributed by atoms with Crippen LogP contribution < -0.4 is 0 Å². The minimum atomic E-state index is -0.270. The van der Waals surface area contributed by atoms with Gasteiger partial charge in [0, 0.05) is 44.1 Å². The van der Waals surface area contributed by atoms with E-state index in [4.69, 9.17) is 9.97 Å². The van der Waals surface area contributed by atoms with Crippen molar-refractivity contribution in [2.24, 2.45) is 0 Å². The first-order valence-electron chi connectivity index (χ1n) is 19.8. The van der Waals surface area contributed by atoms with Crippen molar-refractivity contribution in [3.05, 3.63) is 180 Å². The SMILES string of the molecule is CC(C)(C)c1cc(-c2ccc(-c3ccccc3)cn2)[c-]c(-c2cccc3c2nc(-c2cccc(C(C)(C)C)c2O)n3-c2cccc(C(C)(C)c3ccccc3)c2)c1.[Pt]. The summed E-state index contributed by atoms with van der Waals surface area (Å²) in [5.41, 5.74) is 13.2. The fraction of sp³-hybridized carbons (Fsp3) is 0.208. The standard InChI is InChI=1S/C53H50N3O.Pt/c1-51(2,3)41-31-37(30-38(32-41)46-29-28-36(34-54-46)35-18-11-9-12-19-35)43-24-17-27-47-48(43)55-50(44-25-16-26-45(49(44)57)52(4,5)6)56(47)42-23-15-22-40(33-42)53(7,8)39-20-13-10-14-21-39;/h9-29,31-34,57H,1-8H3;/q-1;. The molecule has 0 saturated heterocycles. The largest absolute Gasteiger partial charge is 0.507 e. The number of para-hydroxylation sites is 2. The predicted octanol–water partition coefficient (Wildman–Crippen LogP) is 13.5. The number of phenolic OH excluding ortho intramolecular Hbond substituents is 1. The first-order chi connectivity index (χ1) is 27.2. The van der Waals surface area contributed by atoms with Gasteiger partial charge in [0.15, 0.2) is 0 Å². The summed E-state index contributed by atoms with van der Waals surface area (Å²) >= 11 is 0. The number of hydrogen-bond acceptors (Lipinski definition) is 3. The zero-order valence-corrected chi connectivity index (χ0v) is 36.8. The summed E-state index contributed by atoms with van der Waals surface area (Å²) in [4.78, 5) is 10.4. The zero-order valence-electron chi connectivity index (χ0n) is 34.5. The Bertz CT molecular complexity index is 2720. The third kappa shape index (κ3) is 7.71. The van der Waals surface area contributed by atoms with Gasteiger partial charge in [-0.2, -0.15) is 0 Å². The molecule has 8 rings (SSSR count). The van der Waals surface area contributed by atoms with Gasteiger partial charge in [0.1, 0.15) is 11.6 Å². The molecular formula is C53H50N3OPt-. The molecule has 1 N–H and O–H groups in total. The second kappa shape index (κ2) is 15.6. The van der Waals surface area contributed by atoms with E-state index in [2.05, 4.69) is 175 Å². The smallest absolute Gasteiger partial charge is 0.148 e. The number of rotatable bonds is 7. The Kier molecular flexibility index (Phi) is 11.0. The molecule has 0 aliphatic rings. The second-order valence-corrected chi connectivity index (χ2v) is 17.7. The topological polar surface area (TPSA) is 50.9 Å². The van der Waals surface area contributed by atoms with Gasteiger partial charge in [-0.05, 0) is 62.9 Å². The van der Waals surface area contributed by atoms with E-state index in [0.29, 0.717) is 11.4 Å². The molecule has 0 aliphatic heterocycles. The van der Waals surface area contributed by atoms with Gasteiger partial charge < -0.3 is 5.11 Å². The number of hydrogen-bond donors (Lipinski definition) is 1. The van der Waals surface area contributed by atoms with Gasteiger partial charge >= 0.3 is 0 Å². The number of imidazole rings is 1. The Morgan fingerprint density at radius 1 is 0.552 bits per heavy atom. The Morgan fingerprint density at radius 2 is 1.19 bits per heavy atom. The number of pyridine rings is 1. The summed E-state index contributed by atoms with van der Waals surface area (Å²) < 4.78 is 2.21. The van der Waals surface area contributed by atoms with Crippen LogP contribution in [-0.4, -0.2) is 19.6 Å². The molecular weight excluding hydrogens is 890 g/mol. The van der Waals surface area contributed by atoms with Crippen LogP contribution in [-0.2, 0) is 37.3 Å². The van der Waals surface area contributed by atoms with Crippen LogP contribution in [0.15, 0.2) is 152 Å². The fourth-order valence-corrected chi connectivity index (χ4v) is 7.78. The maximum atomic E-state index is 12.0. The summed E-state index contributed by atoms with van der Waals surface area (Å²) in [6.07, 6.45) is 1.95. The molecule has 8 aromatic rings. The maximum absolute atomic E-state index is 12.0. The molecule has 6 aromatic carbocycles. The van der Waals surface area contributed by atoms with Crippen molar-refractivity contribution in [3.63, 3.8) is 0 Å². The van der Waals surface area contributed by atoms with Gasteiger partial charge in [-0.15, -0.1) is 29.3 Å². The predicted molar refractivity (Wildman–Crippen MR) is 237 cm³/mol. The van der Waals surface area contributed by atoms with Gasteiger partial charge in [-0.3, -0.25) is 9.55 Å². The van der Waals surface area contributed by atoms with Gasteiger partial charge in [-0.1, -0.05) is 176 Å². The van der Waals surface area contributed by atoms with Crippen LogP contribution in [0, 0.1) is 6.07 Å². The molecule has 2 heterocycles. The molecule has 0 atom stereocenters. The fourth-order valence-electron chi connectivity index (χ4n) is 7.78. The van der Waals surface area contributed by atoms with Gasteiger partial charge in [0.05, 0.1) is 16.6 Å². The minimum Gasteiger partial charge on any atom is -0.507 e. The molecule has 0 saturated carbocycles. The van der Waals surface area contributed by atoms with Gasteiger partial charge in [-0.25, -0.2) is 4.98 Å². The van der Waals surface area contributed by atoms with E-state index < -0.39 is 0 Å². The van der Waals surface area contributed by atoms with Crippen molar-refractivity contribution in [1.82, 2.24) is 14.5 Å². The molecule has 4 nitrogen and oxygen atoms in total. The molecule has 0 spiro atoms. The van der Waals surface area contributed by atoms with Crippen LogP contribution in [0.25, 0.3) is 61.6 Å². The average molecular weight is 940 g/mol. The molecule has 0 amide bonds. The van der Waals surface area contributed by atoms with Crippen LogP contribution in [0.4, 0.5) is 0 Å². The molecule has 2 aromatic heterocycles. The first-order valence-corrected chi connectivity index (χ1v) is 19.8. The minimum absolute atomic E-state index is 0. The van der Waals surface area contributed by atoms with Crippen molar-refractivity contribution >= 4 is 11.0 Å². The second-order valence-electron chi connectivity index (χ2n) is 17.7. The van der Waals surface area contributed by atoms with E-state index in [1.807, 2.05) is 42.6 Å². The number of phenols is 1. The maximum Gasteiger partial charge on any atom is 0.148 e. The third-order valence-electron chi connectivity index (χ3n) is 11.3. The number of benzene rings is 6. The Morgan fingerprint density at radius 3 is 1.86 bits per heavy atom. The monoisotopic (exact) mass is 939 g/mol. The van der Waals surface area contributed by atoms with E-state index in [9.17, 15) is 5.11 Å². The molecule has 5 heteroatoms. The van der Waals surface area contributed by atoms with Crippen molar-refractivity contribution in [1.29, 1.82) is 0 Å². The summed E-state index contributed by atoms with van der Waals surface area (Å²) in [7, 11) is 0. The summed E-state index contributed by atoms with van der Waals surface area (Å²) in [6.45, 7) is 17.6. The Labute approximate surface area is 358 Å². The summed E-state index contributed by atoms with van der Waals surface area (Å²) in [6, 6.07) is 54.6. The van der Waals surface area contributed by atoms with Crippen molar-refractivity contribution in [3.8, 4) is 56.3 Å². The molecule has 0 unspecified atom stereocenters. The van der Waals surface area contributed by atoms with Gasteiger partial charge in [0.2, 0.25) is 0 Å². The van der Waals surface area contributed by atoms with Crippen molar-refractivity contribution in [2.75, 3.05) is 0 Å². The first kappa shape index (κ1) is 40.6. The summed E-state index contributed by atoms with van der Waals surface area (Å²) in [5.74, 6) is 0.929. The van der Waals surface area contributed by atoms with E-state index >= 15 is 0 Å². The number of nitrogens with zero attached hydrogens (tertiary/aromatic N) is 3. The number of aromatic hydroxyl groups is 1. The molecule has 0 radical (unpaired) electrons. The van der Waals surface area contributed by atoms with E-state index in [1.54, 1.807) is 0 Å². The molecule has 58 heavy (non-hydrogen) atoms. The molecule has 294 valence electrons. The zero-order chi connectivity index (χ0) is 40.1.